The van der Waals surface area contributed by atoms with Crippen molar-refractivity contribution in [3.05, 3.63) is 84.1 Å². The zero-order valence-electron chi connectivity index (χ0n) is 23.8. The molecule has 2 aliphatic rings. The number of hydrogen-bond acceptors (Lipinski definition) is 7. The maximum absolute atomic E-state index is 15.4. The molecule has 0 spiro atoms. The van der Waals surface area contributed by atoms with Gasteiger partial charge >= 0.3 is 0 Å². The van der Waals surface area contributed by atoms with Crippen LogP contribution in [0.25, 0.3) is 5.65 Å². The van der Waals surface area contributed by atoms with Gasteiger partial charge in [-0.15, -0.1) is 0 Å². The topological polar surface area (TPSA) is 109 Å². The molecule has 3 aromatic heterocycles. The summed E-state index contributed by atoms with van der Waals surface area (Å²) in [6.45, 7) is 8.69. The van der Waals surface area contributed by atoms with Crippen LogP contribution in [-0.4, -0.2) is 62.1 Å². The van der Waals surface area contributed by atoms with E-state index in [-0.39, 0.29) is 23.7 Å². The molecular weight excluding hydrogens is 554 g/mol. The number of rotatable bonds is 7. The Morgan fingerprint density at radius 1 is 1.16 bits per heavy atom. The molecule has 10 nitrogen and oxygen atoms in total. The number of aryl methyl sites for hydroxylation is 1. The van der Waals surface area contributed by atoms with Crippen molar-refractivity contribution in [3.8, 4) is 11.5 Å². The smallest absolute Gasteiger partial charge is 0.282 e. The summed E-state index contributed by atoms with van der Waals surface area (Å²) in [6, 6.07) is 9.95. The van der Waals surface area contributed by atoms with Crippen LogP contribution in [0.5, 0.6) is 11.5 Å². The van der Waals surface area contributed by atoms with Gasteiger partial charge in [0.05, 0.1) is 11.4 Å². The fraction of sp³-hybridized carbons (Fsp3) is 0.290. The second kappa shape index (κ2) is 11.3. The molecule has 0 unspecified atom stereocenters. The van der Waals surface area contributed by atoms with E-state index in [1.54, 1.807) is 40.9 Å². The third kappa shape index (κ3) is 5.36. The summed E-state index contributed by atoms with van der Waals surface area (Å²) in [5.41, 5.74) is 3.21. The lowest BCUT2D eigenvalue weighted by Crippen LogP contribution is -2.46. The number of benzene rings is 1. The van der Waals surface area contributed by atoms with Crippen LogP contribution in [0.15, 0.2) is 71.3 Å². The van der Waals surface area contributed by atoms with Crippen LogP contribution in [0.3, 0.4) is 0 Å². The molecule has 0 radical (unpaired) electrons. The van der Waals surface area contributed by atoms with Gasteiger partial charge < -0.3 is 15.0 Å². The van der Waals surface area contributed by atoms with Crippen LogP contribution in [0.1, 0.15) is 48.6 Å². The van der Waals surface area contributed by atoms with Crippen molar-refractivity contribution in [1.82, 2.24) is 24.5 Å². The minimum absolute atomic E-state index is 0.0533. The molecule has 4 aromatic rings. The van der Waals surface area contributed by atoms with E-state index in [1.807, 2.05) is 19.1 Å². The maximum Gasteiger partial charge on any atom is 0.282 e. The summed E-state index contributed by atoms with van der Waals surface area (Å²) < 4.78 is 36.6. The molecule has 5 heterocycles. The van der Waals surface area contributed by atoms with Crippen molar-refractivity contribution in [2.75, 3.05) is 12.4 Å². The summed E-state index contributed by atoms with van der Waals surface area (Å²) in [7, 11) is 1.58. The number of anilines is 1. The predicted octanol–water partition coefficient (Wildman–Crippen LogP) is 5.90. The highest BCUT2D eigenvalue weighted by atomic mass is 19.1. The number of aliphatic imine (C=N–C) groups is 2. The van der Waals surface area contributed by atoms with Crippen molar-refractivity contribution in [1.29, 1.82) is 0 Å². The molecule has 1 N–H and O–H groups in total. The highest BCUT2D eigenvalue weighted by Crippen LogP contribution is 2.43. The molecule has 2 saturated heterocycles. The van der Waals surface area contributed by atoms with Gasteiger partial charge in [-0.05, 0) is 69.2 Å². The van der Waals surface area contributed by atoms with Gasteiger partial charge in [-0.1, -0.05) is 6.58 Å². The quantitative estimate of drug-likeness (QED) is 0.164. The van der Waals surface area contributed by atoms with Crippen molar-refractivity contribution >= 4 is 35.5 Å². The van der Waals surface area contributed by atoms with Gasteiger partial charge in [0.2, 0.25) is 0 Å². The Morgan fingerprint density at radius 3 is 2.63 bits per heavy atom. The van der Waals surface area contributed by atoms with Crippen LogP contribution in [0.4, 0.5) is 20.2 Å². The molecular formula is C31H30F2N8O2. The number of hydrogen-bond donors (Lipinski definition) is 1. The average molecular weight is 585 g/mol. The second-order valence-corrected chi connectivity index (χ2v) is 10.8. The second-order valence-electron chi connectivity index (χ2n) is 10.8. The number of aromatic nitrogens is 4. The summed E-state index contributed by atoms with van der Waals surface area (Å²) in [5, 5.41) is 7.14. The number of piperidine rings is 1. The molecule has 2 bridgehead atoms. The first kappa shape index (κ1) is 28.1. The lowest BCUT2D eigenvalue weighted by atomic mass is 9.87. The first-order valence-corrected chi connectivity index (χ1v) is 13.9. The highest BCUT2D eigenvalue weighted by molar-refractivity contribution is 6.10. The normalized spacial score (nSPS) is 19.9. The van der Waals surface area contributed by atoms with E-state index in [0.29, 0.717) is 52.8 Å². The Kier molecular flexibility index (Phi) is 7.43. The van der Waals surface area contributed by atoms with Crippen LogP contribution in [0.2, 0.25) is 0 Å². The van der Waals surface area contributed by atoms with Gasteiger partial charge in [0.15, 0.2) is 17.3 Å². The van der Waals surface area contributed by atoms with E-state index in [1.165, 1.54) is 12.4 Å². The number of carbonyl (C=O) groups is 1. The predicted molar refractivity (Wildman–Crippen MR) is 160 cm³/mol. The largest absolute Gasteiger partial charge is 0.457 e. The van der Waals surface area contributed by atoms with E-state index in [0.717, 1.165) is 18.5 Å². The third-order valence-corrected chi connectivity index (χ3v) is 8.13. The summed E-state index contributed by atoms with van der Waals surface area (Å²) in [6.07, 6.45) is 6.11. The Morgan fingerprint density at radius 2 is 1.93 bits per heavy atom. The zero-order chi connectivity index (χ0) is 30.2. The standard InChI is InChI=1S/C31H30F2N8O2/c1-17-11-26(23(33)15-27(17)43-22-9-10-40-28(14-22)36-16-37-40)39-30(35-4)29-25(34-3)8-7-24(38-29)19-12-20-5-6-21(13-19)41(20)31(42)18(2)32/h7-11,14-16,19-21H,2-3,5-6,12-13H2,1,4H3,(H,35,39)/t19-,20+,21-. The Balaban J connectivity index is 1.23. The number of nitrogens with zero attached hydrogens (tertiary/aromatic N) is 7. The van der Waals surface area contributed by atoms with Gasteiger partial charge in [-0.25, -0.2) is 23.3 Å². The van der Waals surface area contributed by atoms with Gasteiger partial charge in [0.25, 0.3) is 5.91 Å². The van der Waals surface area contributed by atoms with Crippen LogP contribution < -0.4 is 10.1 Å². The lowest BCUT2D eigenvalue weighted by molar-refractivity contribution is -0.133. The minimum Gasteiger partial charge on any atom is -0.457 e. The number of amides is 1. The van der Waals surface area contributed by atoms with Crippen LogP contribution in [0, 0.1) is 12.7 Å². The van der Waals surface area contributed by atoms with E-state index < -0.39 is 17.6 Å². The number of amidine groups is 1. The molecule has 12 heteroatoms. The van der Waals surface area contributed by atoms with Crippen molar-refractivity contribution in [2.45, 2.75) is 50.6 Å². The molecule has 3 atom stereocenters. The number of pyridine rings is 2. The van der Waals surface area contributed by atoms with Crippen molar-refractivity contribution < 1.29 is 18.3 Å². The van der Waals surface area contributed by atoms with Crippen molar-refractivity contribution in [2.24, 2.45) is 9.98 Å². The van der Waals surface area contributed by atoms with E-state index in [4.69, 9.17) is 9.72 Å². The van der Waals surface area contributed by atoms with Crippen LogP contribution >= 0.6 is 0 Å². The number of fused-ring (bicyclic) bond motifs is 3. The summed E-state index contributed by atoms with van der Waals surface area (Å²) >= 11 is 0. The van der Waals surface area contributed by atoms with Gasteiger partial charge in [0, 0.05) is 49.1 Å². The Labute approximate surface area is 246 Å². The number of carbonyl (C=O) groups excluding carboxylic acids is 1. The van der Waals surface area contributed by atoms with Gasteiger partial charge in [-0.3, -0.25) is 14.8 Å². The van der Waals surface area contributed by atoms with Crippen LogP contribution in [-0.2, 0) is 4.79 Å². The third-order valence-electron chi connectivity index (χ3n) is 8.13. The van der Waals surface area contributed by atoms with E-state index in [2.05, 4.69) is 38.7 Å². The van der Waals surface area contributed by atoms with Gasteiger partial charge in [-0.2, -0.15) is 5.10 Å². The first-order chi connectivity index (χ1) is 20.7. The minimum atomic E-state index is -0.928. The fourth-order valence-electron chi connectivity index (χ4n) is 6.09. The maximum atomic E-state index is 15.4. The highest BCUT2D eigenvalue weighted by Gasteiger charge is 2.44. The van der Waals surface area contributed by atoms with Crippen molar-refractivity contribution in [3.63, 3.8) is 0 Å². The molecule has 1 aromatic carbocycles. The summed E-state index contributed by atoms with van der Waals surface area (Å²) in [5.74, 6) is -0.872. The molecule has 220 valence electrons. The summed E-state index contributed by atoms with van der Waals surface area (Å²) in [4.78, 5) is 31.6. The average Bonchev–Trinajstić information content (AvgIpc) is 3.57. The first-order valence-electron chi connectivity index (χ1n) is 13.9. The molecule has 0 saturated carbocycles. The molecule has 2 aliphatic heterocycles. The number of halogens is 2. The molecule has 2 fully saturated rings. The Bertz CT molecular complexity index is 1770. The van der Waals surface area contributed by atoms with E-state index >= 15 is 4.39 Å². The van der Waals surface area contributed by atoms with Gasteiger partial charge in [0.1, 0.15) is 29.3 Å². The monoisotopic (exact) mass is 584 g/mol. The molecule has 43 heavy (non-hydrogen) atoms. The molecule has 0 aliphatic carbocycles. The SMILES string of the molecule is C=Nc1ccc([C@H]2C[C@H]3CC[C@@H](C2)N3C(=O)C(=C)F)nc1/C(=N\C)Nc1cc(C)c(Oc2ccn3ncnc3c2)cc1F. The number of nitrogens with one attached hydrogen (secondary N) is 1. The zero-order valence-corrected chi connectivity index (χ0v) is 23.8. The number of ether oxygens (including phenoxy) is 1. The Hall–Kier alpha value is -5.00. The molecule has 6 rings (SSSR count). The fourth-order valence-corrected chi connectivity index (χ4v) is 6.09. The molecule has 1 amide bonds. The van der Waals surface area contributed by atoms with E-state index in [9.17, 15) is 9.18 Å². The lowest BCUT2D eigenvalue weighted by Gasteiger charge is -2.38.